The summed E-state index contributed by atoms with van der Waals surface area (Å²) in [7, 11) is 1.70. The first-order valence-electron chi connectivity index (χ1n) is 10.1. The van der Waals surface area contributed by atoms with Crippen LogP contribution in [-0.2, 0) is 4.74 Å². The van der Waals surface area contributed by atoms with E-state index >= 15 is 0 Å². The number of rotatable bonds is 7. The van der Waals surface area contributed by atoms with Gasteiger partial charge < -0.3 is 14.8 Å². The van der Waals surface area contributed by atoms with Crippen molar-refractivity contribution in [1.29, 1.82) is 0 Å². The van der Waals surface area contributed by atoms with Crippen LogP contribution in [0.5, 0.6) is 5.75 Å². The molecule has 1 saturated carbocycles. The molecule has 3 aromatic rings. The summed E-state index contributed by atoms with van der Waals surface area (Å²) in [6, 6.07) is 7.79. The van der Waals surface area contributed by atoms with Gasteiger partial charge in [0.2, 0.25) is 0 Å². The maximum atomic E-state index is 13.0. The Morgan fingerprint density at radius 1 is 1.26 bits per heavy atom. The van der Waals surface area contributed by atoms with E-state index in [4.69, 9.17) is 9.47 Å². The molecule has 1 aromatic carbocycles. The third-order valence-electron chi connectivity index (χ3n) is 5.24. The number of carbonyl (C=O) groups excluding carboxylic acids is 1. The van der Waals surface area contributed by atoms with E-state index in [1.54, 1.807) is 19.2 Å². The highest BCUT2D eigenvalue weighted by Gasteiger charge is 2.31. The molecule has 164 valence electrons. The fraction of sp³-hybridized carbons (Fsp3) is 0.409. The first-order chi connectivity index (χ1) is 14.8. The van der Waals surface area contributed by atoms with Crippen molar-refractivity contribution >= 4 is 22.6 Å². The van der Waals surface area contributed by atoms with Crippen LogP contribution in [0.2, 0.25) is 0 Å². The number of nitrogens with zero attached hydrogens (tertiary/aromatic N) is 3. The lowest BCUT2D eigenvalue weighted by Gasteiger charge is -2.34. The monoisotopic (exact) mass is 430 g/mol. The molecule has 1 N–H and O–H groups in total. The van der Waals surface area contributed by atoms with Crippen molar-refractivity contribution in [3.05, 3.63) is 47.8 Å². The Morgan fingerprint density at radius 2 is 2.03 bits per heavy atom. The minimum atomic E-state index is -2.72. The zero-order chi connectivity index (χ0) is 22.1. The van der Waals surface area contributed by atoms with Crippen molar-refractivity contribution in [2.24, 2.45) is 0 Å². The minimum Gasteiger partial charge on any atom is -0.490 e. The molecule has 0 unspecified atom stereocenters. The molecular formula is C22H24F2N4O3. The number of pyridine rings is 1. The van der Waals surface area contributed by atoms with Gasteiger partial charge in [0.25, 0.3) is 12.3 Å². The van der Waals surface area contributed by atoms with Gasteiger partial charge in [-0.3, -0.25) is 9.48 Å². The van der Waals surface area contributed by atoms with E-state index < -0.39 is 18.0 Å². The molecule has 0 bridgehead atoms. The fourth-order valence-electron chi connectivity index (χ4n) is 3.56. The van der Waals surface area contributed by atoms with E-state index in [9.17, 15) is 13.6 Å². The smallest absolute Gasteiger partial charge is 0.280 e. The van der Waals surface area contributed by atoms with Gasteiger partial charge >= 0.3 is 0 Å². The zero-order valence-corrected chi connectivity index (χ0v) is 17.5. The Balaban J connectivity index is 1.64. The second-order valence-corrected chi connectivity index (χ2v) is 7.87. The first-order valence-corrected chi connectivity index (χ1v) is 10.1. The summed E-state index contributed by atoms with van der Waals surface area (Å²) in [5.74, 6) is -0.0693. The number of hydrogen-bond donors (Lipinski definition) is 1. The summed E-state index contributed by atoms with van der Waals surface area (Å²) in [4.78, 5) is 16.8. The van der Waals surface area contributed by atoms with Gasteiger partial charge in [-0.2, -0.15) is 5.10 Å². The van der Waals surface area contributed by atoms with Crippen LogP contribution >= 0.6 is 0 Å². The number of benzene rings is 1. The molecule has 0 atom stereocenters. The quantitative estimate of drug-likeness (QED) is 0.585. The molecule has 1 aliphatic carbocycles. The van der Waals surface area contributed by atoms with E-state index in [-0.39, 0.29) is 29.6 Å². The standard InChI is InChI=1S/C22H24F2N4O3/c1-12(2)31-19-10-18-13(11-28(27-18)14-8-15(9-14)30-3)7-16(19)22(29)26-20-6-4-5-17(25-20)21(23)24/h4-7,10-12,14-15,21H,8-9H2,1-3H3,(H,25,26,29)/t14-,15-. The second-order valence-electron chi connectivity index (χ2n) is 7.87. The molecule has 0 aliphatic heterocycles. The summed E-state index contributed by atoms with van der Waals surface area (Å²) < 4.78 is 38.9. The van der Waals surface area contributed by atoms with Gasteiger partial charge in [0, 0.05) is 24.8 Å². The van der Waals surface area contributed by atoms with Crippen LogP contribution < -0.4 is 10.1 Å². The SMILES string of the molecule is CO[C@H]1C[C@H](n2cc3cc(C(=O)Nc4cccc(C(F)F)n4)c(OC(C)C)cc3n2)C1. The predicted octanol–water partition coefficient (Wildman–Crippen LogP) is 4.76. The molecule has 1 fully saturated rings. The Labute approximate surface area is 178 Å². The van der Waals surface area contributed by atoms with Gasteiger partial charge in [0.15, 0.2) is 0 Å². The largest absolute Gasteiger partial charge is 0.490 e. The second kappa shape index (κ2) is 8.58. The third kappa shape index (κ3) is 4.51. The molecule has 31 heavy (non-hydrogen) atoms. The van der Waals surface area contributed by atoms with Crippen LogP contribution in [0.15, 0.2) is 36.5 Å². The van der Waals surface area contributed by atoms with Gasteiger partial charge in [0.05, 0.1) is 29.3 Å². The molecule has 7 nitrogen and oxygen atoms in total. The van der Waals surface area contributed by atoms with Crippen LogP contribution in [0.1, 0.15) is 55.2 Å². The highest BCUT2D eigenvalue weighted by atomic mass is 19.3. The van der Waals surface area contributed by atoms with Crippen LogP contribution in [0.25, 0.3) is 10.9 Å². The van der Waals surface area contributed by atoms with Crippen molar-refractivity contribution in [3.8, 4) is 5.75 Å². The number of carbonyl (C=O) groups is 1. The Bertz CT molecular complexity index is 1090. The van der Waals surface area contributed by atoms with Gasteiger partial charge in [0.1, 0.15) is 17.3 Å². The van der Waals surface area contributed by atoms with Crippen molar-refractivity contribution in [3.63, 3.8) is 0 Å². The number of anilines is 1. The van der Waals surface area contributed by atoms with Crippen molar-refractivity contribution in [2.45, 2.75) is 51.4 Å². The van der Waals surface area contributed by atoms with Crippen LogP contribution in [0.4, 0.5) is 14.6 Å². The summed E-state index contributed by atoms with van der Waals surface area (Å²) in [6.07, 6.45) is 1.04. The number of nitrogens with one attached hydrogen (secondary N) is 1. The number of aromatic nitrogens is 3. The summed E-state index contributed by atoms with van der Waals surface area (Å²) in [5.41, 5.74) is 0.599. The number of methoxy groups -OCH3 is 1. The van der Waals surface area contributed by atoms with Crippen molar-refractivity contribution in [1.82, 2.24) is 14.8 Å². The number of alkyl halides is 2. The molecule has 4 rings (SSSR count). The molecular weight excluding hydrogens is 406 g/mol. The number of ether oxygens (including phenoxy) is 2. The Morgan fingerprint density at radius 3 is 2.71 bits per heavy atom. The molecule has 0 spiro atoms. The molecule has 1 aliphatic rings. The van der Waals surface area contributed by atoms with Gasteiger partial charge in [-0.25, -0.2) is 13.8 Å². The van der Waals surface area contributed by atoms with Gasteiger partial charge in [-0.15, -0.1) is 0 Å². The normalized spacial score (nSPS) is 18.4. The molecule has 1 amide bonds. The Hall–Kier alpha value is -3.07. The molecule has 0 saturated heterocycles. The lowest BCUT2D eigenvalue weighted by molar-refractivity contribution is 0.00269. The molecule has 2 aromatic heterocycles. The number of hydrogen-bond acceptors (Lipinski definition) is 5. The maximum Gasteiger partial charge on any atom is 0.280 e. The highest BCUT2D eigenvalue weighted by Crippen LogP contribution is 2.35. The van der Waals surface area contributed by atoms with Crippen molar-refractivity contribution < 1.29 is 23.0 Å². The van der Waals surface area contributed by atoms with Crippen molar-refractivity contribution in [2.75, 3.05) is 12.4 Å². The fourth-order valence-corrected chi connectivity index (χ4v) is 3.56. The number of fused-ring (bicyclic) bond motifs is 1. The average Bonchev–Trinajstić information content (AvgIpc) is 3.08. The lowest BCUT2D eigenvalue weighted by Crippen LogP contribution is -2.32. The minimum absolute atomic E-state index is 0.0502. The van der Waals surface area contributed by atoms with Crippen LogP contribution in [0.3, 0.4) is 0 Å². The van der Waals surface area contributed by atoms with E-state index in [1.165, 1.54) is 18.2 Å². The van der Waals surface area contributed by atoms with Gasteiger partial charge in [-0.1, -0.05) is 6.07 Å². The first kappa shape index (κ1) is 21.2. The average molecular weight is 430 g/mol. The third-order valence-corrected chi connectivity index (χ3v) is 5.24. The Kier molecular flexibility index (Phi) is 5.86. The maximum absolute atomic E-state index is 13.0. The number of halogens is 2. The molecule has 2 heterocycles. The zero-order valence-electron chi connectivity index (χ0n) is 17.5. The summed E-state index contributed by atoms with van der Waals surface area (Å²) >= 11 is 0. The highest BCUT2D eigenvalue weighted by molar-refractivity contribution is 6.08. The molecule has 9 heteroatoms. The van der Waals surface area contributed by atoms with Crippen LogP contribution in [-0.4, -0.2) is 40.0 Å². The molecule has 0 radical (unpaired) electrons. The van der Waals surface area contributed by atoms with Gasteiger partial charge in [-0.05, 0) is 44.9 Å². The van der Waals surface area contributed by atoms with E-state index in [2.05, 4.69) is 15.4 Å². The summed E-state index contributed by atoms with van der Waals surface area (Å²) in [6.45, 7) is 3.72. The number of amides is 1. The topological polar surface area (TPSA) is 78.3 Å². The predicted molar refractivity (Wildman–Crippen MR) is 112 cm³/mol. The summed E-state index contributed by atoms with van der Waals surface area (Å²) in [5, 5.41) is 8.02. The van der Waals surface area contributed by atoms with E-state index in [1.807, 2.05) is 24.7 Å². The van der Waals surface area contributed by atoms with E-state index in [0.717, 1.165) is 18.2 Å². The van der Waals surface area contributed by atoms with Crippen LogP contribution in [0, 0.1) is 0 Å². The lowest BCUT2D eigenvalue weighted by atomic mass is 9.89. The van der Waals surface area contributed by atoms with E-state index in [0.29, 0.717) is 11.3 Å².